The van der Waals surface area contributed by atoms with Crippen LogP contribution >= 0.6 is 0 Å². The van der Waals surface area contributed by atoms with E-state index in [2.05, 4.69) is 26.8 Å². The Labute approximate surface area is 104 Å². The molecule has 0 saturated heterocycles. The molecule has 0 amide bonds. The summed E-state index contributed by atoms with van der Waals surface area (Å²) in [6, 6.07) is 4.09. The molecule has 1 rings (SSSR count). The van der Waals surface area contributed by atoms with Crippen molar-refractivity contribution in [1.29, 1.82) is 0 Å². The fourth-order valence-corrected chi connectivity index (χ4v) is 1.90. The van der Waals surface area contributed by atoms with E-state index in [0.29, 0.717) is 6.54 Å². The SMILES string of the molecule is COc1cc(C(C)(C)C)c(OC)cc1CCN. The minimum absolute atomic E-state index is 0.0276. The van der Waals surface area contributed by atoms with Gasteiger partial charge in [-0.25, -0.2) is 0 Å². The molecule has 0 aliphatic heterocycles. The summed E-state index contributed by atoms with van der Waals surface area (Å²) in [6.45, 7) is 7.08. The van der Waals surface area contributed by atoms with Crippen LogP contribution in [0.15, 0.2) is 12.1 Å². The summed E-state index contributed by atoms with van der Waals surface area (Å²) < 4.78 is 10.9. The van der Waals surface area contributed by atoms with Gasteiger partial charge in [0, 0.05) is 5.56 Å². The highest BCUT2D eigenvalue weighted by molar-refractivity contribution is 5.49. The first-order valence-corrected chi connectivity index (χ1v) is 5.89. The highest BCUT2D eigenvalue weighted by atomic mass is 16.5. The summed E-state index contributed by atoms with van der Waals surface area (Å²) in [6.07, 6.45) is 0.796. The predicted octanol–water partition coefficient (Wildman–Crippen LogP) is 2.50. The molecule has 0 aliphatic rings. The fraction of sp³-hybridized carbons (Fsp3) is 0.571. The van der Waals surface area contributed by atoms with Crippen LogP contribution in [-0.2, 0) is 11.8 Å². The second-order valence-electron chi connectivity index (χ2n) is 5.15. The topological polar surface area (TPSA) is 44.5 Å². The second-order valence-corrected chi connectivity index (χ2v) is 5.15. The molecule has 17 heavy (non-hydrogen) atoms. The second kappa shape index (κ2) is 5.41. The van der Waals surface area contributed by atoms with Crippen molar-refractivity contribution in [3.05, 3.63) is 23.3 Å². The van der Waals surface area contributed by atoms with E-state index in [0.717, 1.165) is 29.0 Å². The summed E-state index contributed by atoms with van der Waals surface area (Å²) in [5.74, 6) is 1.79. The summed E-state index contributed by atoms with van der Waals surface area (Å²) in [5, 5.41) is 0. The first-order chi connectivity index (χ1) is 7.93. The van der Waals surface area contributed by atoms with E-state index in [1.165, 1.54) is 0 Å². The lowest BCUT2D eigenvalue weighted by Gasteiger charge is -2.24. The van der Waals surface area contributed by atoms with Crippen molar-refractivity contribution in [2.45, 2.75) is 32.6 Å². The Kier molecular flexibility index (Phi) is 4.40. The van der Waals surface area contributed by atoms with Crippen molar-refractivity contribution in [1.82, 2.24) is 0 Å². The number of nitrogens with two attached hydrogens (primary N) is 1. The maximum atomic E-state index is 5.60. The maximum absolute atomic E-state index is 5.60. The zero-order valence-corrected chi connectivity index (χ0v) is 11.5. The van der Waals surface area contributed by atoms with E-state index < -0.39 is 0 Å². The van der Waals surface area contributed by atoms with E-state index in [4.69, 9.17) is 15.2 Å². The third-order valence-electron chi connectivity index (χ3n) is 2.82. The highest BCUT2D eigenvalue weighted by Crippen LogP contribution is 2.36. The van der Waals surface area contributed by atoms with Gasteiger partial charge >= 0.3 is 0 Å². The lowest BCUT2D eigenvalue weighted by atomic mass is 9.85. The van der Waals surface area contributed by atoms with Gasteiger partial charge in [0.05, 0.1) is 14.2 Å². The van der Waals surface area contributed by atoms with Crippen LogP contribution in [0.1, 0.15) is 31.9 Å². The summed E-state index contributed by atoms with van der Waals surface area (Å²) in [4.78, 5) is 0. The van der Waals surface area contributed by atoms with Crippen LogP contribution in [0.25, 0.3) is 0 Å². The highest BCUT2D eigenvalue weighted by Gasteiger charge is 2.21. The van der Waals surface area contributed by atoms with Crippen molar-refractivity contribution in [2.24, 2.45) is 5.73 Å². The molecule has 0 unspecified atom stereocenters. The number of ether oxygens (including phenoxy) is 2. The van der Waals surface area contributed by atoms with Crippen molar-refractivity contribution in [3.63, 3.8) is 0 Å². The number of methoxy groups -OCH3 is 2. The zero-order chi connectivity index (χ0) is 13.1. The third kappa shape index (κ3) is 3.13. The Morgan fingerprint density at radius 2 is 1.65 bits per heavy atom. The Bertz CT molecular complexity index is 381. The molecule has 96 valence electrons. The molecule has 0 bridgehead atoms. The molecule has 3 nitrogen and oxygen atoms in total. The van der Waals surface area contributed by atoms with Crippen LogP contribution in [0.5, 0.6) is 11.5 Å². The number of benzene rings is 1. The Hall–Kier alpha value is -1.22. The van der Waals surface area contributed by atoms with Gasteiger partial charge in [0.25, 0.3) is 0 Å². The Morgan fingerprint density at radius 1 is 1.06 bits per heavy atom. The third-order valence-corrected chi connectivity index (χ3v) is 2.82. The molecule has 0 atom stereocenters. The standard InChI is InChI=1S/C14H23NO2/c1-14(2,3)11-9-12(16-4)10(6-7-15)8-13(11)17-5/h8-9H,6-7,15H2,1-5H3. The van der Waals surface area contributed by atoms with Gasteiger partial charge in [0.1, 0.15) is 11.5 Å². The van der Waals surface area contributed by atoms with Crippen LogP contribution in [0.2, 0.25) is 0 Å². The zero-order valence-electron chi connectivity index (χ0n) is 11.5. The van der Waals surface area contributed by atoms with Crippen molar-refractivity contribution in [2.75, 3.05) is 20.8 Å². The predicted molar refractivity (Wildman–Crippen MR) is 71.0 cm³/mol. The molecular formula is C14H23NO2. The van der Waals surface area contributed by atoms with Crippen LogP contribution in [0.4, 0.5) is 0 Å². The molecule has 0 radical (unpaired) electrons. The van der Waals surface area contributed by atoms with Crippen LogP contribution < -0.4 is 15.2 Å². The van der Waals surface area contributed by atoms with E-state index >= 15 is 0 Å². The number of hydrogen-bond donors (Lipinski definition) is 1. The molecule has 0 aromatic heterocycles. The largest absolute Gasteiger partial charge is 0.496 e. The first kappa shape index (κ1) is 13.8. The van der Waals surface area contributed by atoms with Crippen molar-refractivity contribution >= 4 is 0 Å². The molecule has 0 aliphatic carbocycles. The van der Waals surface area contributed by atoms with E-state index in [9.17, 15) is 0 Å². The molecule has 1 aromatic carbocycles. The van der Waals surface area contributed by atoms with Gasteiger partial charge in [-0.2, -0.15) is 0 Å². The molecule has 0 fully saturated rings. The van der Waals surface area contributed by atoms with Gasteiger partial charge in [-0.15, -0.1) is 0 Å². The van der Waals surface area contributed by atoms with Crippen LogP contribution in [-0.4, -0.2) is 20.8 Å². The Balaban J connectivity index is 3.33. The van der Waals surface area contributed by atoms with Crippen molar-refractivity contribution in [3.8, 4) is 11.5 Å². The fourth-order valence-electron chi connectivity index (χ4n) is 1.90. The minimum atomic E-state index is 0.0276. The Morgan fingerprint density at radius 3 is 2.06 bits per heavy atom. The van der Waals surface area contributed by atoms with Gasteiger partial charge in [-0.1, -0.05) is 20.8 Å². The molecule has 2 N–H and O–H groups in total. The van der Waals surface area contributed by atoms with Gasteiger partial charge in [-0.3, -0.25) is 0 Å². The smallest absolute Gasteiger partial charge is 0.123 e. The minimum Gasteiger partial charge on any atom is -0.496 e. The average Bonchev–Trinajstić information content (AvgIpc) is 2.27. The molecule has 0 spiro atoms. The lowest BCUT2D eigenvalue weighted by molar-refractivity contribution is 0.385. The first-order valence-electron chi connectivity index (χ1n) is 5.89. The molecule has 1 aromatic rings. The summed E-state index contributed by atoms with van der Waals surface area (Å²) >= 11 is 0. The molecule has 3 heteroatoms. The molecule has 0 heterocycles. The number of hydrogen-bond acceptors (Lipinski definition) is 3. The van der Waals surface area contributed by atoms with E-state index in [1.54, 1.807) is 14.2 Å². The molecule has 0 saturated carbocycles. The van der Waals surface area contributed by atoms with Gasteiger partial charge in [0.15, 0.2) is 0 Å². The van der Waals surface area contributed by atoms with Gasteiger partial charge < -0.3 is 15.2 Å². The summed E-state index contributed by atoms with van der Waals surface area (Å²) in [7, 11) is 3.39. The average molecular weight is 237 g/mol. The monoisotopic (exact) mass is 237 g/mol. The molecular weight excluding hydrogens is 214 g/mol. The van der Waals surface area contributed by atoms with Crippen molar-refractivity contribution < 1.29 is 9.47 Å². The lowest BCUT2D eigenvalue weighted by Crippen LogP contribution is -2.14. The quantitative estimate of drug-likeness (QED) is 0.875. The van der Waals surface area contributed by atoms with Crippen LogP contribution in [0, 0.1) is 0 Å². The summed E-state index contributed by atoms with van der Waals surface area (Å²) in [5.41, 5.74) is 7.88. The maximum Gasteiger partial charge on any atom is 0.123 e. The van der Waals surface area contributed by atoms with Crippen LogP contribution in [0.3, 0.4) is 0 Å². The van der Waals surface area contributed by atoms with Gasteiger partial charge in [-0.05, 0) is 36.1 Å². The normalized spacial score (nSPS) is 11.4. The van der Waals surface area contributed by atoms with E-state index in [1.807, 2.05) is 6.07 Å². The van der Waals surface area contributed by atoms with Gasteiger partial charge in [0.2, 0.25) is 0 Å². The number of rotatable bonds is 4. The van der Waals surface area contributed by atoms with E-state index in [-0.39, 0.29) is 5.41 Å².